The van der Waals surface area contributed by atoms with Crippen molar-refractivity contribution in [1.82, 2.24) is 0 Å². The minimum absolute atomic E-state index is 0.391. The highest BCUT2D eigenvalue weighted by Gasteiger charge is 2.34. The first kappa shape index (κ1) is 12.3. The topological polar surface area (TPSA) is 49.8 Å². The molecule has 0 bridgehead atoms. The van der Waals surface area contributed by atoms with Gasteiger partial charge in [0.05, 0.1) is 11.6 Å². The van der Waals surface area contributed by atoms with Gasteiger partial charge in [-0.15, -0.1) is 0 Å². The standard InChI is InChI=1S/C11H9F3N2/c12-11(13,14)10(16)5-4-8-2-1-3-9(6-8)7-15/h1-6,10H,16H2/t10-/m0/s1. The smallest absolute Gasteiger partial charge is 0.317 e. The Hall–Kier alpha value is -1.80. The van der Waals surface area contributed by atoms with Crippen LogP contribution in [-0.4, -0.2) is 12.2 Å². The molecule has 0 amide bonds. The molecular formula is C11H9F3N2. The first-order valence-electron chi connectivity index (χ1n) is 4.44. The maximum atomic E-state index is 12.1. The van der Waals surface area contributed by atoms with Crippen molar-refractivity contribution in [1.29, 1.82) is 5.26 Å². The van der Waals surface area contributed by atoms with Crippen molar-refractivity contribution < 1.29 is 13.2 Å². The summed E-state index contributed by atoms with van der Waals surface area (Å²) in [6, 6.07) is 6.16. The molecule has 0 aliphatic rings. The molecule has 0 saturated heterocycles. The summed E-state index contributed by atoms with van der Waals surface area (Å²) in [5.41, 5.74) is 5.80. The summed E-state index contributed by atoms with van der Waals surface area (Å²) >= 11 is 0. The number of nitrogens with zero attached hydrogens (tertiary/aromatic N) is 1. The lowest BCUT2D eigenvalue weighted by Crippen LogP contribution is -2.35. The number of alkyl halides is 3. The lowest BCUT2D eigenvalue weighted by Gasteiger charge is -2.10. The fourth-order valence-corrected chi connectivity index (χ4v) is 1.04. The van der Waals surface area contributed by atoms with Gasteiger partial charge in [0.15, 0.2) is 0 Å². The fourth-order valence-electron chi connectivity index (χ4n) is 1.04. The molecule has 5 heteroatoms. The van der Waals surface area contributed by atoms with Crippen LogP contribution in [0.2, 0.25) is 0 Å². The molecule has 1 rings (SSSR count). The van der Waals surface area contributed by atoms with Crippen LogP contribution in [0.1, 0.15) is 11.1 Å². The van der Waals surface area contributed by atoms with E-state index < -0.39 is 12.2 Å². The second kappa shape index (κ2) is 4.81. The van der Waals surface area contributed by atoms with E-state index >= 15 is 0 Å². The van der Waals surface area contributed by atoms with Crippen molar-refractivity contribution in [2.75, 3.05) is 0 Å². The second-order valence-corrected chi connectivity index (χ2v) is 3.16. The van der Waals surface area contributed by atoms with Crippen LogP contribution in [0.25, 0.3) is 6.08 Å². The molecule has 0 spiro atoms. The van der Waals surface area contributed by atoms with Crippen molar-refractivity contribution in [3.63, 3.8) is 0 Å². The van der Waals surface area contributed by atoms with Crippen molar-refractivity contribution in [3.8, 4) is 6.07 Å². The summed E-state index contributed by atoms with van der Waals surface area (Å²) < 4.78 is 36.2. The Morgan fingerprint density at radius 3 is 2.62 bits per heavy atom. The Kier molecular flexibility index (Phi) is 3.69. The van der Waals surface area contributed by atoms with Gasteiger partial charge in [0, 0.05) is 0 Å². The Morgan fingerprint density at radius 2 is 2.06 bits per heavy atom. The number of nitrogens with two attached hydrogens (primary N) is 1. The van der Waals surface area contributed by atoms with E-state index in [1.54, 1.807) is 18.2 Å². The van der Waals surface area contributed by atoms with Crippen LogP contribution < -0.4 is 5.73 Å². The van der Waals surface area contributed by atoms with Crippen LogP contribution in [0.4, 0.5) is 13.2 Å². The fraction of sp³-hybridized carbons (Fsp3) is 0.182. The zero-order valence-electron chi connectivity index (χ0n) is 8.20. The summed E-state index contributed by atoms with van der Waals surface area (Å²) in [6.07, 6.45) is -2.33. The minimum atomic E-state index is -4.44. The van der Waals surface area contributed by atoms with Gasteiger partial charge < -0.3 is 5.73 Å². The van der Waals surface area contributed by atoms with Crippen LogP contribution in [0, 0.1) is 11.3 Å². The zero-order valence-corrected chi connectivity index (χ0v) is 8.20. The van der Waals surface area contributed by atoms with E-state index in [1.807, 2.05) is 6.07 Å². The maximum absolute atomic E-state index is 12.1. The Morgan fingerprint density at radius 1 is 1.38 bits per heavy atom. The maximum Gasteiger partial charge on any atom is 0.407 e. The van der Waals surface area contributed by atoms with E-state index in [9.17, 15) is 13.2 Å². The third kappa shape index (κ3) is 3.41. The van der Waals surface area contributed by atoms with Crippen LogP contribution in [0.15, 0.2) is 30.3 Å². The normalized spacial score (nSPS) is 13.7. The minimum Gasteiger partial charge on any atom is -0.317 e. The molecule has 84 valence electrons. The molecule has 2 nitrogen and oxygen atoms in total. The Labute approximate surface area is 90.8 Å². The summed E-state index contributed by atoms with van der Waals surface area (Å²) in [7, 11) is 0. The van der Waals surface area contributed by atoms with Crippen LogP contribution in [0.3, 0.4) is 0 Å². The predicted octanol–water partition coefficient (Wildman–Crippen LogP) is 2.46. The largest absolute Gasteiger partial charge is 0.407 e. The highest BCUT2D eigenvalue weighted by atomic mass is 19.4. The highest BCUT2D eigenvalue weighted by molar-refractivity contribution is 5.52. The van der Waals surface area contributed by atoms with Gasteiger partial charge in [0.1, 0.15) is 6.04 Å². The van der Waals surface area contributed by atoms with E-state index in [1.165, 1.54) is 12.1 Å². The van der Waals surface area contributed by atoms with Crippen molar-refractivity contribution in [2.24, 2.45) is 5.73 Å². The molecule has 0 aliphatic carbocycles. The SMILES string of the molecule is N#Cc1cccc(C=C[C@H](N)C(F)(F)F)c1. The molecule has 16 heavy (non-hydrogen) atoms. The number of benzene rings is 1. The summed E-state index contributed by atoms with van der Waals surface area (Å²) in [5, 5.41) is 8.59. The van der Waals surface area contributed by atoms with Gasteiger partial charge in [0.2, 0.25) is 0 Å². The van der Waals surface area contributed by atoms with E-state index in [2.05, 4.69) is 0 Å². The predicted molar refractivity (Wildman–Crippen MR) is 54.2 cm³/mol. The third-order valence-corrected chi connectivity index (χ3v) is 1.89. The molecule has 1 aromatic rings. The van der Waals surface area contributed by atoms with Gasteiger partial charge >= 0.3 is 6.18 Å². The third-order valence-electron chi connectivity index (χ3n) is 1.89. The van der Waals surface area contributed by atoms with E-state index in [0.29, 0.717) is 11.1 Å². The Balaban J connectivity index is 2.81. The van der Waals surface area contributed by atoms with Crippen LogP contribution in [0.5, 0.6) is 0 Å². The lowest BCUT2D eigenvalue weighted by molar-refractivity contribution is -0.136. The average Bonchev–Trinajstić information content (AvgIpc) is 2.25. The molecule has 1 atom stereocenters. The van der Waals surface area contributed by atoms with Crippen LogP contribution in [-0.2, 0) is 0 Å². The van der Waals surface area contributed by atoms with Gasteiger partial charge in [-0.3, -0.25) is 0 Å². The number of halogens is 3. The molecule has 0 aliphatic heterocycles. The summed E-state index contributed by atoms with van der Waals surface area (Å²) in [6.45, 7) is 0. The molecule has 0 radical (unpaired) electrons. The molecular weight excluding hydrogens is 217 g/mol. The van der Waals surface area contributed by atoms with Gasteiger partial charge in [-0.25, -0.2) is 0 Å². The number of rotatable bonds is 2. The molecule has 0 aromatic heterocycles. The number of hydrogen-bond donors (Lipinski definition) is 1. The van der Waals surface area contributed by atoms with Gasteiger partial charge in [-0.1, -0.05) is 24.3 Å². The van der Waals surface area contributed by atoms with Crippen molar-refractivity contribution in [3.05, 3.63) is 41.5 Å². The highest BCUT2D eigenvalue weighted by Crippen LogP contribution is 2.20. The van der Waals surface area contributed by atoms with E-state index in [0.717, 1.165) is 6.08 Å². The quantitative estimate of drug-likeness (QED) is 0.842. The van der Waals surface area contributed by atoms with Gasteiger partial charge in [-0.05, 0) is 17.7 Å². The van der Waals surface area contributed by atoms with Gasteiger partial charge in [0.25, 0.3) is 0 Å². The van der Waals surface area contributed by atoms with Crippen molar-refractivity contribution >= 4 is 6.08 Å². The van der Waals surface area contributed by atoms with Crippen molar-refractivity contribution in [2.45, 2.75) is 12.2 Å². The molecule has 0 saturated carbocycles. The molecule has 0 heterocycles. The first-order chi connectivity index (χ1) is 7.43. The number of hydrogen-bond acceptors (Lipinski definition) is 2. The first-order valence-corrected chi connectivity index (χ1v) is 4.44. The van der Waals surface area contributed by atoms with Crippen LogP contribution >= 0.6 is 0 Å². The summed E-state index contributed by atoms with van der Waals surface area (Å²) in [4.78, 5) is 0. The van der Waals surface area contributed by atoms with Gasteiger partial charge in [-0.2, -0.15) is 18.4 Å². The molecule has 0 unspecified atom stereocenters. The molecule has 0 fully saturated rings. The zero-order chi connectivity index (χ0) is 12.2. The molecule has 2 N–H and O–H groups in total. The monoisotopic (exact) mass is 226 g/mol. The second-order valence-electron chi connectivity index (χ2n) is 3.16. The molecule has 1 aromatic carbocycles. The number of nitriles is 1. The lowest BCUT2D eigenvalue weighted by atomic mass is 10.1. The Bertz CT molecular complexity index is 430. The van der Waals surface area contributed by atoms with E-state index in [-0.39, 0.29) is 0 Å². The van der Waals surface area contributed by atoms with E-state index in [4.69, 9.17) is 11.0 Å². The average molecular weight is 226 g/mol. The summed E-state index contributed by atoms with van der Waals surface area (Å²) in [5.74, 6) is 0.